The number of carbonyl (C=O) groups is 1. The molecule has 0 bridgehead atoms. The Balaban J connectivity index is 1.97. The number of benzene rings is 2. The smallest absolute Gasteiger partial charge is 0.408 e. The zero-order valence-electron chi connectivity index (χ0n) is 14.7. The largest absolute Gasteiger partial charge is 0.674 e. The summed E-state index contributed by atoms with van der Waals surface area (Å²) in [6.07, 6.45) is 1.52. The van der Waals surface area contributed by atoms with Gasteiger partial charge in [0, 0.05) is 16.2 Å². The molecule has 27 heavy (non-hydrogen) atoms. The minimum absolute atomic E-state index is 0.145. The molecule has 0 N–H and O–H groups in total. The Hall–Kier alpha value is -2.50. The van der Waals surface area contributed by atoms with E-state index in [0.29, 0.717) is 26.7 Å². The van der Waals surface area contributed by atoms with Gasteiger partial charge in [-0.2, -0.15) is 0 Å². The molecular formula is C20H15BCl2NO3-. The van der Waals surface area contributed by atoms with Crippen LogP contribution in [0.4, 0.5) is 0 Å². The van der Waals surface area contributed by atoms with E-state index in [0.717, 1.165) is 11.1 Å². The van der Waals surface area contributed by atoms with Gasteiger partial charge in [-0.15, -0.1) is 10.9 Å². The first kappa shape index (κ1) is 17.9. The van der Waals surface area contributed by atoms with Crippen molar-refractivity contribution in [1.82, 2.24) is 4.98 Å². The molecule has 0 radical (unpaired) electrons. The fourth-order valence-electron chi connectivity index (χ4n) is 3.20. The monoisotopic (exact) mass is 398 g/mol. The molecule has 0 fully saturated rings. The number of hydrogen-bond donors (Lipinski definition) is 0. The summed E-state index contributed by atoms with van der Waals surface area (Å²) in [5, 5.41) is 1.12. The molecule has 2 aromatic carbocycles. The standard InChI is InChI=1S/C20H15BCl2NO3/c1-12-5-7-14(10-16(12)22)21(15-8-6-13(2)17(23)11-15)26-18-4-3-9-24-19(18)20(25)27-21/h3-11H,1-2H3/q-1. The summed E-state index contributed by atoms with van der Waals surface area (Å²) < 4.78 is 12.2. The third-order valence-electron chi connectivity index (χ3n) is 4.80. The number of carbonyl (C=O) groups excluding carboxylic acids is 1. The number of aryl methyl sites for hydroxylation is 2. The van der Waals surface area contributed by atoms with Crippen LogP contribution < -0.4 is 15.6 Å². The normalized spacial score (nSPS) is 14.9. The first-order valence-corrected chi connectivity index (χ1v) is 9.21. The maximum atomic E-state index is 12.7. The number of halogens is 2. The highest BCUT2D eigenvalue weighted by Crippen LogP contribution is 2.29. The van der Waals surface area contributed by atoms with Gasteiger partial charge in [0.1, 0.15) is 5.75 Å². The van der Waals surface area contributed by atoms with Crippen molar-refractivity contribution in [1.29, 1.82) is 0 Å². The van der Waals surface area contributed by atoms with E-state index in [1.165, 1.54) is 6.20 Å². The molecule has 1 aliphatic rings. The fourth-order valence-corrected chi connectivity index (χ4v) is 3.58. The first-order chi connectivity index (χ1) is 12.9. The van der Waals surface area contributed by atoms with Crippen molar-refractivity contribution in [3.63, 3.8) is 0 Å². The zero-order valence-corrected chi connectivity index (χ0v) is 16.2. The van der Waals surface area contributed by atoms with Gasteiger partial charge in [-0.1, -0.05) is 59.6 Å². The van der Waals surface area contributed by atoms with Crippen molar-refractivity contribution in [3.05, 3.63) is 81.6 Å². The van der Waals surface area contributed by atoms with E-state index in [-0.39, 0.29) is 5.69 Å². The average molecular weight is 399 g/mol. The molecule has 1 aromatic heterocycles. The summed E-state index contributed by atoms with van der Waals surface area (Å²) in [7, 11) is 0. The van der Waals surface area contributed by atoms with Gasteiger partial charge < -0.3 is 9.31 Å². The van der Waals surface area contributed by atoms with Crippen LogP contribution in [0.2, 0.25) is 10.0 Å². The van der Waals surface area contributed by atoms with Gasteiger partial charge in [0.25, 0.3) is 0 Å². The van der Waals surface area contributed by atoms with Gasteiger partial charge in [0.05, 0.1) is 0 Å². The number of aromatic nitrogens is 1. The summed E-state index contributed by atoms with van der Waals surface area (Å²) in [4.78, 5) is 16.8. The maximum absolute atomic E-state index is 12.7. The Morgan fingerprint density at radius 1 is 0.889 bits per heavy atom. The molecule has 7 heteroatoms. The van der Waals surface area contributed by atoms with Gasteiger partial charge in [0.2, 0.25) is 0 Å². The molecule has 0 unspecified atom stereocenters. The van der Waals surface area contributed by atoms with Gasteiger partial charge in [-0.05, 0) is 37.1 Å². The van der Waals surface area contributed by atoms with E-state index in [2.05, 4.69) is 4.98 Å². The molecule has 0 saturated carbocycles. The molecule has 0 spiro atoms. The number of pyridine rings is 1. The van der Waals surface area contributed by atoms with Crippen LogP contribution in [0.3, 0.4) is 0 Å². The lowest BCUT2D eigenvalue weighted by Crippen LogP contribution is -2.68. The van der Waals surface area contributed by atoms with E-state index < -0.39 is 12.5 Å². The molecule has 2 heterocycles. The highest BCUT2D eigenvalue weighted by molar-refractivity contribution is 6.94. The highest BCUT2D eigenvalue weighted by atomic mass is 35.5. The SMILES string of the molecule is Cc1ccc([B-]2(c3ccc(C)c(Cl)c3)OC(=O)c3ncccc3O2)cc1Cl. The van der Waals surface area contributed by atoms with Gasteiger partial charge in [0.15, 0.2) is 5.69 Å². The van der Waals surface area contributed by atoms with Gasteiger partial charge in [-0.25, -0.2) is 9.78 Å². The minimum Gasteiger partial charge on any atom is -0.674 e. The molecule has 0 saturated heterocycles. The third-order valence-corrected chi connectivity index (χ3v) is 5.61. The van der Waals surface area contributed by atoms with E-state index in [1.807, 2.05) is 38.1 Å². The summed E-state index contributed by atoms with van der Waals surface area (Å²) in [5.74, 6) is -0.188. The van der Waals surface area contributed by atoms with Crippen molar-refractivity contribution >= 4 is 46.6 Å². The van der Waals surface area contributed by atoms with Gasteiger partial charge >= 0.3 is 12.5 Å². The van der Waals surface area contributed by atoms with Crippen LogP contribution in [0.15, 0.2) is 54.7 Å². The number of fused-ring (bicyclic) bond motifs is 1. The lowest BCUT2D eigenvalue weighted by molar-refractivity contribution is 0.0665. The Kier molecular flexibility index (Phi) is 4.37. The van der Waals surface area contributed by atoms with Gasteiger partial charge in [-0.3, -0.25) is 0 Å². The first-order valence-electron chi connectivity index (χ1n) is 8.45. The number of rotatable bonds is 2. The third kappa shape index (κ3) is 2.97. The highest BCUT2D eigenvalue weighted by Gasteiger charge is 2.42. The summed E-state index contributed by atoms with van der Waals surface area (Å²) in [6.45, 7) is 1.44. The predicted molar refractivity (Wildman–Crippen MR) is 108 cm³/mol. The van der Waals surface area contributed by atoms with Crippen molar-refractivity contribution < 1.29 is 14.1 Å². The topological polar surface area (TPSA) is 48.4 Å². The van der Waals surface area contributed by atoms with Crippen LogP contribution in [-0.2, 0) is 4.65 Å². The number of hydrogen-bond acceptors (Lipinski definition) is 4. The quantitative estimate of drug-likeness (QED) is 0.616. The van der Waals surface area contributed by atoms with Crippen molar-refractivity contribution in [3.8, 4) is 5.75 Å². The van der Waals surface area contributed by atoms with E-state index in [4.69, 9.17) is 32.5 Å². The Labute approximate surface area is 167 Å². The molecule has 4 rings (SSSR count). The molecule has 136 valence electrons. The maximum Gasteiger partial charge on any atom is 0.408 e. The fraction of sp³-hybridized carbons (Fsp3) is 0.100. The molecule has 1 aliphatic heterocycles. The zero-order chi connectivity index (χ0) is 19.2. The molecule has 0 atom stereocenters. The summed E-state index contributed by atoms with van der Waals surface area (Å²) in [6, 6.07) is 14.4. The Morgan fingerprint density at radius 2 is 1.48 bits per heavy atom. The second-order valence-electron chi connectivity index (χ2n) is 6.60. The minimum atomic E-state index is -2.37. The van der Waals surface area contributed by atoms with Crippen molar-refractivity contribution in [2.45, 2.75) is 13.8 Å². The molecular weight excluding hydrogens is 384 g/mol. The van der Waals surface area contributed by atoms with E-state index in [9.17, 15) is 4.79 Å². The van der Waals surface area contributed by atoms with Crippen molar-refractivity contribution in [2.24, 2.45) is 0 Å². The second-order valence-corrected chi connectivity index (χ2v) is 7.42. The van der Waals surface area contributed by atoms with Crippen LogP contribution >= 0.6 is 23.2 Å². The Morgan fingerprint density at radius 3 is 2.04 bits per heavy atom. The van der Waals surface area contributed by atoms with Crippen molar-refractivity contribution in [2.75, 3.05) is 0 Å². The average Bonchev–Trinajstić information content (AvgIpc) is 2.66. The summed E-state index contributed by atoms with van der Waals surface area (Å²) >= 11 is 12.7. The van der Waals surface area contributed by atoms with Crippen LogP contribution in [0.25, 0.3) is 0 Å². The van der Waals surface area contributed by atoms with E-state index >= 15 is 0 Å². The second kappa shape index (κ2) is 6.59. The predicted octanol–water partition coefficient (Wildman–Crippen LogP) is 3.81. The Bertz CT molecular complexity index is 1020. The molecule has 0 aliphatic carbocycles. The summed E-state index contributed by atoms with van der Waals surface area (Å²) in [5.41, 5.74) is 3.27. The van der Waals surface area contributed by atoms with Crippen LogP contribution in [0.1, 0.15) is 21.6 Å². The molecule has 3 aromatic rings. The molecule has 0 amide bonds. The molecule has 4 nitrogen and oxygen atoms in total. The van der Waals surface area contributed by atoms with Crippen LogP contribution in [0, 0.1) is 13.8 Å². The van der Waals surface area contributed by atoms with E-state index in [1.54, 1.807) is 24.3 Å². The lowest BCUT2D eigenvalue weighted by Gasteiger charge is -2.46. The lowest BCUT2D eigenvalue weighted by atomic mass is 9.45. The number of nitrogens with zero attached hydrogens (tertiary/aromatic N) is 1. The van der Waals surface area contributed by atoms with Crippen LogP contribution in [-0.4, -0.2) is 17.5 Å². The van der Waals surface area contributed by atoms with Crippen LogP contribution in [0.5, 0.6) is 5.75 Å².